The van der Waals surface area contributed by atoms with Crippen LogP contribution in [0.5, 0.6) is 5.75 Å². The first kappa shape index (κ1) is 15.4. The van der Waals surface area contributed by atoms with Gasteiger partial charge >= 0.3 is 0 Å². The number of benzene rings is 2. The molecule has 0 saturated carbocycles. The molecule has 2 aromatic rings. The number of hydrogen-bond acceptors (Lipinski definition) is 3. The van der Waals surface area contributed by atoms with Gasteiger partial charge in [-0.05, 0) is 42.8 Å². The maximum absolute atomic E-state index is 11.9. The van der Waals surface area contributed by atoms with E-state index in [2.05, 4.69) is 26.6 Å². The molecule has 21 heavy (non-hydrogen) atoms. The fourth-order valence-electron chi connectivity index (χ4n) is 1.91. The van der Waals surface area contributed by atoms with E-state index in [1.54, 1.807) is 13.2 Å². The molecule has 0 spiro atoms. The molecule has 0 aromatic heterocycles. The number of nitrogens with one attached hydrogen (secondary N) is 2. The minimum Gasteiger partial charge on any atom is -0.497 e. The predicted octanol–water partition coefficient (Wildman–Crippen LogP) is 3.82. The lowest BCUT2D eigenvalue weighted by Crippen LogP contribution is -2.22. The summed E-state index contributed by atoms with van der Waals surface area (Å²) in [7, 11) is 1.60. The fraction of sp³-hybridized carbons (Fsp3) is 0.188. The average molecular weight is 349 g/mol. The molecule has 5 heteroatoms. The van der Waals surface area contributed by atoms with E-state index in [-0.39, 0.29) is 12.5 Å². The van der Waals surface area contributed by atoms with Crippen molar-refractivity contribution < 1.29 is 9.53 Å². The van der Waals surface area contributed by atoms with Gasteiger partial charge in [-0.25, -0.2) is 0 Å². The summed E-state index contributed by atoms with van der Waals surface area (Å²) < 4.78 is 6.14. The minimum absolute atomic E-state index is 0.106. The molecule has 2 aromatic carbocycles. The summed E-state index contributed by atoms with van der Waals surface area (Å²) >= 11 is 3.42. The lowest BCUT2D eigenvalue weighted by Gasteiger charge is -2.11. The Labute approximate surface area is 132 Å². The summed E-state index contributed by atoms with van der Waals surface area (Å²) in [5, 5.41) is 5.95. The third kappa shape index (κ3) is 4.49. The second kappa shape index (κ2) is 7.13. The Balaban J connectivity index is 1.92. The van der Waals surface area contributed by atoms with Gasteiger partial charge in [-0.2, -0.15) is 0 Å². The van der Waals surface area contributed by atoms with Crippen molar-refractivity contribution in [3.8, 4) is 5.75 Å². The lowest BCUT2D eigenvalue weighted by atomic mass is 10.2. The molecular weight excluding hydrogens is 332 g/mol. The monoisotopic (exact) mass is 348 g/mol. The standard InChI is InChI=1S/C16H17BrN2O2/c1-11-8-12(17)6-7-15(11)18-10-16(20)19-13-4-3-5-14(9-13)21-2/h3-9,18H,10H2,1-2H3,(H,19,20). The molecule has 0 fully saturated rings. The minimum atomic E-state index is -0.106. The summed E-state index contributed by atoms with van der Waals surface area (Å²) in [6.45, 7) is 2.20. The van der Waals surface area contributed by atoms with E-state index < -0.39 is 0 Å². The van der Waals surface area contributed by atoms with Crippen molar-refractivity contribution in [1.82, 2.24) is 0 Å². The predicted molar refractivity (Wildman–Crippen MR) is 89.0 cm³/mol. The molecule has 110 valence electrons. The van der Waals surface area contributed by atoms with Gasteiger partial charge in [0.05, 0.1) is 13.7 Å². The van der Waals surface area contributed by atoms with E-state index in [9.17, 15) is 4.79 Å². The number of halogens is 1. The zero-order valence-corrected chi connectivity index (χ0v) is 13.5. The van der Waals surface area contributed by atoms with E-state index in [1.807, 2.05) is 43.3 Å². The van der Waals surface area contributed by atoms with Crippen LogP contribution in [0.25, 0.3) is 0 Å². The summed E-state index contributed by atoms with van der Waals surface area (Å²) in [5.74, 6) is 0.607. The SMILES string of the molecule is COc1cccc(NC(=O)CNc2ccc(Br)cc2C)c1. The smallest absolute Gasteiger partial charge is 0.243 e. The van der Waals surface area contributed by atoms with Gasteiger partial charge in [0.1, 0.15) is 5.75 Å². The lowest BCUT2D eigenvalue weighted by molar-refractivity contribution is -0.114. The molecule has 2 rings (SSSR count). The molecule has 0 radical (unpaired) electrons. The van der Waals surface area contributed by atoms with Gasteiger partial charge in [0.15, 0.2) is 0 Å². The van der Waals surface area contributed by atoms with Crippen molar-refractivity contribution in [3.05, 3.63) is 52.5 Å². The maximum atomic E-state index is 11.9. The summed E-state index contributed by atoms with van der Waals surface area (Å²) in [5.41, 5.74) is 2.74. The van der Waals surface area contributed by atoms with Crippen LogP contribution in [0.2, 0.25) is 0 Å². The van der Waals surface area contributed by atoms with Crippen LogP contribution in [0.1, 0.15) is 5.56 Å². The highest BCUT2D eigenvalue weighted by molar-refractivity contribution is 9.10. The fourth-order valence-corrected chi connectivity index (χ4v) is 2.38. The molecule has 4 nitrogen and oxygen atoms in total. The molecule has 2 N–H and O–H groups in total. The zero-order chi connectivity index (χ0) is 15.2. The van der Waals surface area contributed by atoms with Gasteiger partial charge in [-0.15, -0.1) is 0 Å². The maximum Gasteiger partial charge on any atom is 0.243 e. The molecule has 0 heterocycles. The molecule has 0 aliphatic heterocycles. The number of hydrogen-bond donors (Lipinski definition) is 2. The number of aryl methyl sites for hydroxylation is 1. The van der Waals surface area contributed by atoms with Crippen molar-refractivity contribution in [2.24, 2.45) is 0 Å². The molecule has 0 saturated heterocycles. The van der Waals surface area contributed by atoms with Crippen molar-refractivity contribution in [2.45, 2.75) is 6.92 Å². The van der Waals surface area contributed by atoms with E-state index >= 15 is 0 Å². The van der Waals surface area contributed by atoms with Crippen molar-refractivity contribution >= 4 is 33.2 Å². The van der Waals surface area contributed by atoms with Gasteiger partial charge in [0.2, 0.25) is 5.91 Å². The van der Waals surface area contributed by atoms with Crippen molar-refractivity contribution in [2.75, 3.05) is 24.3 Å². The van der Waals surface area contributed by atoms with Gasteiger partial charge in [-0.1, -0.05) is 22.0 Å². The van der Waals surface area contributed by atoms with Gasteiger partial charge in [0.25, 0.3) is 0 Å². The Bertz CT molecular complexity index is 644. The summed E-state index contributed by atoms with van der Waals surface area (Å²) in [4.78, 5) is 11.9. The third-order valence-electron chi connectivity index (χ3n) is 2.98. The first-order chi connectivity index (χ1) is 10.1. The number of rotatable bonds is 5. The van der Waals surface area contributed by atoms with Crippen LogP contribution in [-0.4, -0.2) is 19.6 Å². The van der Waals surface area contributed by atoms with E-state index in [4.69, 9.17) is 4.74 Å². The Kier molecular flexibility index (Phi) is 5.22. The Morgan fingerprint density at radius 1 is 1.24 bits per heavy atom. The van der Waals surface area contributed by atoms with Crippen LogP contribution >= 0.6 is 15.9 Å². The first-order valence-corrected chi connectivity index (χ1v) is 7.31. The summed E-state index contributed by atoms with van der Waals surface area (Å²) in [6.07, 6.45) is 0. The van der Waals surface area contributed by atoms with Gasteiger partial charge in [-0.3, -0.25) is 4.79 Å². The number of carbonyl (C=O) groups is 1. The highest BCUT2D eigenvalue weighted by Crippen LogP contribution is 2.20. The Hall–Kier alpha value is -2.01. The topological polar surface area (TPSA) is 50.4 Å². The highest BCUT2D eigenvalue weighted by Gasteiger charge is 2.05. The molecule has 0 unspecified atom stereocenters. The number of methoxy groups -OCH3 is 1. The zero-order valence-electron chi connectivity index (χ0n) is 11.9. The van der Waals surface area contributed by atoms with Crippen molar-refractivity contribution in [3.63, 3.8) is 0 Å². The Morgan fingerprint density at radius 2 is 2.05 bits per heavy atom. The average Bonchev–Trinajstić information content (AvgIpc) is 2.46. The second-order valence-corrected chi connectivity index (χ2v) is 5.51. The molecule has 0 aliphatic carbocycles. The normalized spacial score (nSPS) is 10.0. The number of anilines is 2. The van der Waals surface area contributed by atoms with Gasteiger partial charge in [0, 0.05) is 21.9 Å². The highest BCUT2D eigenvalue weighted by atomic mass is 79.9. The van der Waals surface area contributed by atoms with Crippen molar-refractivity contribution in [1.29, 1.82) is 0 Å². The largest absolute Gasteiger partial charge is 0.497 e. The third-order valence-corrected chi connectivity index (χ3v) is 3.47. The molecule has 0 atom stereocenters. The van der Waals surface area contributed by atoms with Gasteiger partial charge < -0.3 is 15.4 Å². The van der Waals surface area contributed by atoms with Crippen LogP contribution in [0.15, 0.2) is 46.9 Å². The quantitative estimate of drug-likeness (QED) is 0.863. The molecule has 1 amide bonds. The van der Waals surface area contributed by atoms with Crippen LogP contribution in [0.3, 0.4) is 0 Å². The molecular formula is C16H17BrN2O2. The van der Waals surface area contributed by atoms with E-state index in [0.717, 1.165) is 15.7 Å². The summed E-state index contributed by atoms with van der Waals surface area (Å²) in [6, 6.07) is 13.2. The van der Waals surface area contributed by atoms with Crippen LogP contribution in [0, 0.1) is 6.92 Å². The van der Waals surface area contributed by atoms with Crippen LogP contribution in [0.4, 0.5) is 11.4 Å². The number of amides is 1. The Morgan fingerprint density at radius 3 is 2.76 bits per heavy atom. The van der Waals surface area contributed by atoms with E-state index in [1.165, 1.54) is 0 Å². The van der Waals surface area contributed by atoms with E-state index in [0.29, 0.717) is 11.4 Å². The number of carbonyl (C=O) groups excluding carboxylic acids is 1. The molecule has 0 bridgehead atoms. The number of ether oxygens (including phenoxy) is 1. The van der Waals surface area contributed by atoms with Crippen LogP contribution < -0.4 is 15.4 Å². The first-order valence-electron chi connectivity index (χ1n) is 6.52. The molecule has 0 aliphatic rings. The second-order valence-electron chi connectivity index (χ2n) is 4.59. The van der Waals surface area contributed by atoms with Crippen LogP contribution in [-0.2, 0) is 4.79 Å².